The van der Waals surface area contributed by atoms with Gasteiger partial charge in [0, 0.05) is 0 Å². The first-order chi connectivity index (χ1) is 8.28. The second kappa shape index (κ2) is 3.87. The summed E-state index contributed by atoms with van der Waals surface area (Å²) in [4.78, 5) is 8.90. The Hall–Kier alpha value is -1.77. The van der Waals surface area contributed by atoms with Gasteiger partial charge in [-0.05, 0) is 19.1 Å². The molecule has 0 radical (unpaired) electrons. The Morgan fingerprint density at radius 2 is 1.83 bits per heavy atom. The maximum atomic E-state index is 11.9. The van der Waals surface area contributed by atoms with Crippen LogP contribution in [0.3, 0.4) is 0 Å². The van der Waals surface area contributed by atoms with Crippen LogP contribution in [0.15, 0.2) is 35.4 Å². The summed E-state index contributed by atoms with van der Waals surface area (Å²) < 4.78 is 31.2. The molecule has 2 rings (SSSR count). The summed E-state index contributed by atoms with van der Waals surface area (Å²) >= 11 is 0. The van der Waals surface area contributed by atoms with Crippen LogP contribution >= 0.6 is 0 Å². The Bertz CT molecular complexity index is 625. The molecule has 8 heteroatoms. The van der Waals surface area contributed by atoms with E-state index in [2.05, 4.69) is 5.10 Å². The van der Waals surface area contributed by atoms with Gasteiger partial charge in [0.05, 0.1) is 11.4 Å². The third-order valence-corrected chi connectivity index (χ3v) is 3.81. The molecule has 1 amide bonds. The molecule has 1 atom stereocenters. The number of anilines is 1. The number of amides is 1. The van der Waals surface area contributed by atoms with Crippen LogP contribution in [0.1, 0.15) is 6.92 Å². The van der Waals surface area contributed by atoms with Crippen molar-refractivity contribution in [1.82, 2.24) is 0 Å². The second-order valence-corrected chi connectivity index (χ2v) is 5.30. The Balaban J connectivity index is 2.52. The van der Waals surface area contributed by atoms with Crippen LogP contribution in [-0.4, -0.2) is 34.6 Å². The summed E-state index contributed by atoms with van der Waals surface area (Å²) in [6, 6.07) is 7.99. The monoisotopic (exact) mass is 270 g/mol. The normalized spacial score (nSPS) is 24.3. The Kier molecular flexibility index (Phi) is 2.73. The van der Waals surface area contributed by atoms with Gasteiger partial charge in [-0.25, -0.2) is 0 Å². The number of carbonyl (C=O) groups excluding carboxylic acids is 1. The number of aliphatic hydroxyl groups is 1. The Morgan fingerprint density at radius 1 is 1.28 bits per heavy atom. The highest BCUT2D eigenvalue weighted by molar-refractivity contribution is 7.88. The smallest absolute Gasteiger partial charge is 0.313 e. The van der Waals surface area contributed by atoms with Crippen molar-refractivity contribution < 1.29 is 22.9 Å². The van der Waals surface area contributed by atoms with Gasteiger partial charge in [0.15, 0.2) is 0 Å². The molecule has 0 aromatic heterocycles. The first kappa shape index (κ1) is 12.7. The van der Waals surface area contributed by atoms with Crippen LogP contribution in [0.5, 0.6) is 0 Å². The minimum Gasteiger partial charge on any atom is -0.361 e. The predicted molar refractivity (Wildman–Crippen MR) is 63.5 cm³/mol. The van der Waals surface area contributed by atoms with Crippen molar-refractivity contribution in [2.45, 2.75) is 11.9 Å². The molecule has 1 aliphatic heterocycles. The van der Waals surface area contributed by atoms with Crippen molar-refractivity contribution in [1.29, 1.82) is 0 Å². The third kappa shape index (κ3) is 1.62. The highest BCUT2D eigenvalue weighted by Gasteiger charge is 2.58. The molecule has 0 spiro atoms. The fourth-order valence-corrected chi connectivity index (χ4v) is 2.32. The van der Waals surface area contributed by atoms with Gasteiger partial charge in [-0.2, -0.15) is 18.5 Å². The minimum absolute atomic E-state index is 0.293. The topological polar surface area (TPSA) is 107 Å². The lowest BCUT2D eigenvalue weighted by atomic mass is 10.2. The highest BCUT2D eigenvalue weighted by Crippen LogP contribution is 2.29. The zero-order valence-electron chi connectivity index (χ0n) is 9.31. The van der Waals surface area contributed by atoms with E-state index in [1.165, 1.54) is 12.1 Å². The molecule has 0 saturated carbocycles. The number of carbonyl (C=O) groups is 1. The average Bonchev–Trinajstić information content (AvgIpc) is 2.55. The van der Waals surface area contributed by atoms with Gasteiger partial charge in [0.25, 0.3) is 0 Å². The number of hydrazone groups is 1. The molecule has 0 bridgehead atoms. The molecule has 0 saturated heterocycles. The van der Waals surface area contributed by atoms with Gasteiger partial charge in [-0.3, -0.25) is 9.35 Å². The minimum atomic E-state index is -5.01. The SMILES string of the molecule is CC1=NN(c2ccccc2)C(=O)[C@]1(O)S(=O)(=O)O. The number of nitrogens with zero attached hydrogens (tertiary/aromatic N) is 2. The molecule has 0 unspecified atom stereocenters. The lowest BCUT2D eigenvalue weighted by molar-refractivity contribution is -0.124. The predicted octanol–water partition coefficient (Wildman–Crippen LogP) is -0.0145. The van der Waals surface area contributed by atoms with Crippen LogP contribution in [-0.2, 0) is 14.9 Å². The summed E-state index contributed by atoms with van der Waals surface area (Å²) in [5, 5.41) is 14.2. The zero-order chi connectivity index (χ0) is 13.6. The van der Waals surface area contributed by atoms with Crippen molar-refractivity contribution >= 4 is 27.4 Å². The fraction of sp³-hybridized carbons (Fsp3) is 0.200. The lowest BCUT2D eigenvalue weighted by Crippen LogP contribution is -2.52. The van der Waals surface area contributed by atoms with E-state index in [1.807, 2.05) is 0 Å². The van der Waals surface area contributed by atoms with Gasteiger partial charge < -0.3 is 5.11 Å². The van der Waals surface area contributed by atoms with Crippen molar-refractivity contribution in [3.05, 3.63) is 30.3 Å². The molecule has 2 N–H and O–H groups in total. The van der Waals surface area contributed by atoms with Crippen LogP contribution in [0.2, 0.25) is 0 Å². The molecule has 18 heavy (non-hydrogen) atoms. The van der Waals surface area contributed by atoms with E-state index >= 15 is 0 Å². The number of benzene rings is 1. The van der Waals surface area contributed by atoms with Gasteiger partial charge in [0.1, 0.15) is 0 Å². The zero-order valence-corrected chi connectivity index (χ0v) is 10.1. The second-order valence-electron chi connectivity index (χ2n) is 3.76. The molecule has 1 aromatic carbocycles. The number of para-hydroxylation sites is 1. The Labute approximate surface area is 103 Å². The average molecular weight is 270 g/mol. The summed E-state index contributed by atoms with van der Waals surface area (Å²) in [6.07, 6.45) is 0. The van der Waals surface area contributed by atoms with Crippen LogP contribution in [0.25, 0.3) is 0 Å². The van der Waals surface area contributed by atoms with Crippen molar-refractivity contribution in [2.75, 3.05) is 5.01 Å². The van der Waals surface area contributed by atoms with Crippen molar-refractivity contribution in [2.24, 2.45) is 5.10 Å². The van der Waals surface area contributed by atoms with E-state index in [0.29, 0.717) is 5.69 Å². The third-order valence-electron chi connectivity index (χ3n) is 2.60. The quantitative estimate of drug-likeness (QED) is 0.735. The Morgan fingerprint density at radius 3 is 2.28 bits per heavy atom. The molecule has 1 heterocycles. The molecule has 1 aromatic rings. The van der Waals surface area contributed by atoms with E-state index in [9.17, 15) is 18.3 Å². The molecular formula is C10H10N2O5S. The lowest BCUT2D eigenvalue weighted by Gasteiger charge is -2.18. The van der Waals surface area contributed by atoms with Crippen molar-refractivity contribution in [3.63, 3.8) is 0 Å². The number of rotatable bonds is 2. The van der Waals surface area contributed by atoms with E-state index in [4.69, 9.17) is 4.55 Å². The molecule has 7 nitrogen and oxygen atoms in total. The molecule has 0 fully saturated rings. The molecular weight excluding hydrogens is 260 g/mol. The summed E-state index contributed by atoms with van der Waals surface area (Å²) in [7, 11) is -5.01. The maximum absolute atomic E-state index is 11.9. The van der Waals surface area contributed by atoms with Gasteiger partial charge in [-0.1, -0.05) is 18.2 Å². The highest BCUT2D eigenvalue weighted by atomic mass is 32.2. The van der Waals surface area contributed by atoms with Gasteiger partial charge >= 0.3 is 21.0 Å². The standard InChI is InChI=1S/C10H10N2O5S/c1-7-10(14,18(15,16)17)9(13)12(11-7)8-5-3-2-4-6-8/h2-6,14H,1H3,(H,15,16,17)/t10-/m1/s1. The maximum Gasteiger partial charge on any atom is 0.313 e. The largest absolute Gasteiger partial charge is 0.361 e. The summed E-state index contributed by atoms with van der Waals surface area (Å²) in [5.74, 6) is -1.23. The first-order valence-corrected chi connectivity index (χ1v) is 6.37. The van der Waals surface area contributed by atoms with Crippen LogP contribution < -0.4 is 5.01 Å². The molecule has 0 aliphatic carbocycles. The van der Waals surface area contributed by atoms with Crippen LogP contribution in [0.4, 0.5) is 5.69 Å². The molecule has 96 valence electrons. The van der Waals surface area contributed by atoms with Crippen molar-refractivity contribution in [3.8, 4) is 0 Å². The molecule has 1 aliphatic rings. The number of hydrogen-bond acceptors (Lipinski definition) is 5. The summed E-state index contributed by atoms with van der Waals surface area (Å²) in [5.41, 5.74) is -0.111. The fourth-order valence-electron chi connectivity index (χ4n) is 1.60. The van der Waals surface area contributed by atoms with E-state index in [0.717, 1.165) is 11.9 Å². The number of hydrogen-bond donors (Lipinski definition) is 2. The van der Waals surface area contributed by atoms with Gasteiger partial charge in [-0.15, -0.1) is 0 Å². The van der Waals surface area contributed by atoms with Crippen LogP contribution in [0, 0.1) is 0 Å². The summed E-state index contributed by atoms with van der Waals surface area (Å²) in [6.45, 7) is 1.15. The van der Waals surface area contributed by atoms with E-state index in [1.54, 1.807) is 18.2 Å². The first-order valence-electron chi connectivity index (χ1n) is 4.93. The van der Waals surface area contributed by atoms with E-state index in [-0.39, 0.29) is 0 Å². The van der Waals surface area contributed by atoms with Gasteiger partial charge in [0.2, 0.25) is 0 Å². The van der Waals surface area contributed by atoms with E-state index < -0.39 is 26.7 Å².